The van der Waals surface area contributed by atoms with Crippen LogP contribution < -0.4 is 5.32 Å². The van der Waals surface area contributed by atoms with Crippen molar-refractivity contribution < 1.29 is 0 Å². The molecule has 1 unspecified atom stereocenters. The standard InChI is InChI=1S/C20H24N6/c1-21-20(26-10-8-17(14-26)18-12-24-25(2)13-18)23-11-16-6-3-5-15-7-4-9-22-19(15)16/h3-7,9,12-13,17H,8,10-11,14H2,1-2H3,(H,21,23). The Balaban J connectivity index is 1.44. The molecule has 1 aromatic carbocycles. The number of rotatable bonds is 3. The van der Waals surface area contributed by atoms with Crippen LogP contribution in [0.3, 0.4) is 0 Å². The molecule has 1 fully saturated rings. The highest BCUT2D eigenvalue weighted by molar-refractivity contribution is 5.83. The molecule has 6 heteroatoms. The Morgan fingerprint density at radius 2 is 2.19 bits per heavy atom. The van der Waals surface area contributed by atoms with Crippen LogP contribution in [0.1, 0.15) is 23.5 Å². The molecule has 0 amide bonds. The van der Waals surface area contributed by atoms with Gasteiger partial charge in [0.05, 0.1) is 11.7 Å². The molecule has 3 aromatic rings. The molecule has 6 nitrogen and oxygen atoms in total. The maximum absolute atomic E-state index is 4.53. The summed E-state index contributed by atoms with van der Waals surface area (Å²) in [5, 5.41) is 8.98. The van der Waals surface area contributed by atoms with Crippen molar-refractivity contribution >= 4 is 16.9 Å². The highest BCUT2D eigenvalue weighted by atomic mass is 15.3. The summed E-state index contributed by atoms with van der Waals surface area (Å²) in [7, 11) is 3.82. The molecule has 0 spiro atoms. The number of nitrogens with zero attached hydrogens (tertiary/aromatic N) is 5. The van der Waals surface area contributed by atoms with Gasteiger partial charge in [0.1, 0.15) is 0 Å². The van der Waals surface area contributed by atoms with Crippen molar-refractivity contribution in [3.8, 4) is 0 Å². The quantitative estimate of drug-likeness (QED) is 0.584. The van der Waals surface area contributed by atoms with Gasteiger partial charge in [-0.1, -0.05) is 24.3 Å². The van der Waals surface area contributed by atoms with Crippen LogP contribution in [0.2, 0.25) is 0 Å². The van der Waals surface area contributed by atoms with Gasteiger partial charge in [0.25, 0.3) is 0 Å². The van der Waals surface area contributed by atoms with Gasteiger partial charge in [-0.3, -0.25) is 14.7 Å². The molecule has 1 aliphatic heterocycles. The van der Waals surface area contributed by atoms with E-state index in [1.807, 2.05) is 37.2 Å². The summed E-state index contributed by atoms with van der Waals surface area (Å²) < 4.78 is 1.87. The first-order valence-electron chi connectivity index (χ1n) is 9.01. The van der Waals surface area contributed by atoms with Gasteiger partial charge >= 0.3 is 0 Å². The van der Waals surface area contributed by atoms with Crippen LogP contribution in [0.4, 0.5) is 0 Å². The summed E-state index contributed by atoms with van der Waals surface area (Å²) in [5.74, 6) is 1.46. The molecular weight excluding hydrogens is 324 g/mol. The largest absolute Gasteiger partial charge is 0.352 e. The van der Waals surface area contributed by atoms with E-state index in [2.05, 4.69) is 55.8 Å². The molecule has 134 valence electrons. The molecule has 26 heavy (non-hydrogen) atoms. The number of hydrogen-bond donors (Lipinski definition) is 1. The van der Waals surface area contributed by atoms with Crippen LogP contribution in [-0.4, -0.2) is 45.8 Å². The van der Waals surface area contributed by atoms with Crippen LogP contribution in [0.25, 0.3) is 10.9 Å². The second-order valence-corrected chi connectivity index (χ2v) is 6.77. The molecule has 1 saturated heterocycles. The number of fused-ring (bicyclic) bond motifs is 1. The Bertz CT molecular complexity index is 923. The summed E-state index contributed by atoms with van der Waals surface area (Å²) in [4.78, 5) is 11.4. The highest BCUT2D eigenvalue weighted by Gasteiger charge is 2.26. The summed E-state index contributed by atoms with van der Waals surface area (Å²) in [6, 6.07) is 10.4. The Hall–Kier alpha value is -2.89. The van der Waals surface area contributed by atoms with Gasteiger partial charge in [-0.2, -0.15) is 5.10 Å². The van der Waals surface area contributed by atoms with Gasteiger partial charge in [0.2, 0.25) is 0 Å². The Kier molecular flexibility index (Phi) is 4.56. The Morgan fingerprint density at radius 1 is 1.31 bits per heavy atom. The van der Waals surface area contributed by atoms with E-state index in [1.54, 1.807) is 0 Å². The van der Waals surface area contributed by atoms with Crippen LogP contribution in [0, 0.1) is 0 Å². The third-order valence-corrected chi connectivity index (χ3v) is 5.05. The SMILES string of the molecule is CN=C(NCc1cccc2cccnc12)N1CCC(c2cnn(C)c2)C1. The molecule has 1 aliphatic rings. The third-order valence-electron chi connectivity index (χ3n) is 5.05. The fourth-order valence-corrected chi connectivity index (χ4v) is 3.69. The maximum Gasteiger partial charge on any atom is 0.193 e. The van der Waals surface area contributed by atoms with Crippen molar-refractivity contribution in [2.45, 2.75) is 18.9 Å². The van der Waals surface area contributed by atoms with Gasteiger partial charge in [0.15, 0.2) is 5.96 Å². The van der Waals surface area contributed by atoms with Crippen molar-refractivity contribution in [3.05, 3.63) is 60.0 Å². The van der Waals surface area contributed by atoms with Crippen molar-refractivity contribution in [2.75, 3.05) is 20.1 Å². The fourth-order valence-electron chi connectivity index (χ4n) is 3.69. The van der Waals surface area contributed by atoms with Gasteiger partial charge in [0, 0.05) is 57.4 Å². The maximum atomic E-state index is 4.53. The third kappa shape index (κ3) is 3.27. The van der Waals surface area contributed by atoms with Crippen LogP contribution in [-0.2, 0) is 13.6 Å². The van der Waals surface area contributed by atoms with E-state index in [0.717, 1.165) is 37.5 Å². The number of guanidine groups is 1. The molecule has 0 radical (unpaired) electrons. The van der Waals surface area contributed by atoms with E-state index < -0.39 is 0 Å². The second-order valence-electron chi connectivity index (χ2n) is 6.77. The molecule has 0 aliphatic carbocycles. The van der Waals surface area contributed by atoms with Gasteiger partial charge in [-0.15, -0.1) is 0 Å². The van der Waals surface area contributed by atoms with Crippen LogP contribution >= 0.6 is 0 Å². The zero-order valence-corrected chi connectivity index (χ0v) is 15.3. The average Bonchev–Trinajstić information content (AvgIpc) is 3.32. The van der Waals surface area contributed by atoms with E-state index in [-0.39, 0.29) is 0 Å². The number of likely N-dealkylation sites (tertiary alicyclic amines) is 1. The van der Waals surface area contributed by atoms with Gasteiger partial charge in [-0.25, -0.2) is 0 Å². The van der Waals surface area contributed by atoms with E-state index in [4.69, 9.17) is 0 Å². The minimum Gasteiger partial charge on any atom is -0.352 e. The van der Waals surface area contributed by atoms with Crippen LogP contribution in [0.15, 0.2) is 53.9 Å². The summed E-state index contributed by atoms with van der Waals surface area (Å²) >= 11 is 0. The molecule has 4 rings (SSSR count). The zero-order chi connectivity index (χ0) is 17.9. The molecule has 0 bridgehead atoms. The van der Waals surface area contributed by atoms with Gasteiger partial charge < -0.3 is 10.2 Å². The van der Waals surface area contributed by atoms with E-state index in [9.17, 15) is 0 Å². The lowest BCUT2D eigenvalue weighted by Crippen LogP contribution is -2.39. The lowest BCUT2D eigenvalue weighted by molar-refractivity contribution is 0.486. The van der Waals surface area contributed by atoms with E-state index >= 15 is 0 Å². The molecular formula is C20H24N6. The normalized spacial score (nSPS) is 17.8. The monoisotopic (exact) mass is 348 g/mol. The lowest BCUT2D eigenvalue weighted by atomic mass is 10.0. The molecule has 1 N–H and O–H groups in total. The smallest absolute Gasteiger partial charge is 0.193 e. The van der Waals surface area contributed by atoms with Gasteiger partial charge in [-0.05, 0) is 23.6 Å². The molecule has 0 saturated carbocycles. The van der Waals surface area contributed by atoms with Crippen molar-refractivity contribution in [1.82, 2.24) is 25.0 Å². The predicted octanol–water partition coefficient (Wildman–Crippen LogP) is 2.53. The number of aliphatic imine (C=N–C) groups is 1. The van der Waals surface area contributed by atoms with Crippen molar-refractivity contribution in [2.24, 2.45) is 12.0 Å². The summed E-state index contributed by atoms with van der Waals surface area (Å²) in [6.45, 7) is 2.70. The number of para-hydroxylation sites is 1. The number of hydrogen-bond acceptors (Lipinski definition) is 3. The Labute approximate surface area is 153 Å². The van der Waals surface area contributed by atoms with Crippen molar-refractivity contribution in [3.63, 3.8) is 0 Å². The zero-order valence-electron chi connectivity index (χ0n) is 15.3. The first-order chi connectivity index (χ1) is 12.7. The van der Waals surface area contributed by atoms with Crippen LogP contribution in [0.5, 0.6) is 0 Å². The predicted molar refractivity (Wildman–Crippen MR) is 104 cm³/mol. The second kappa shape index (κ2) is 7.15. The first kappa shape index (κ1) is 16.6. The fraction of sp³-hybridized carbons (Fsp3) is 0.350. The average molecular weight is 348 g/mol. The minimum absolute atomic E-state index is 0.515. The number of nitrogens with one attached hydrogen (secondary N) is 1. The number of aromatic nitrogens is 3. The topological polar surface area (TPSA) is 58.3 Å². The minimum atomic E-state index is 0.515. The van der Waals surface area contributed by atoms with Crippen molar-refractivity contribution in [1.29, 1.82) is 0 Å². The first-order valence-corrected chi connectivity index (χ1v) is 9.01. The summed E-state index contributed by atoms with van der Waals surface area (Å²) in [5.41, 5.74) is 3.54. The van der Waals surface area contributed by atoms with E-state index in [1.165, 1.54) is 16.5 Å². The molecule has 3 heterocycles. The number of benzene rings is 1. The number of pyridine rings is 1. The van der Waals surface area contributed by atoms with E-state index in [0.29, 0.717) is 5.92 Å². The molecule has 2 aromatic heterocycles. The lowest BCUT2D eigenvalue weighted by Gasteiger charge is -2.22. The Morgan fingerprint density at radius 3 is 3.00 bits per heavy atom. The highest BCUT2D eigenvalue weighted by Crippen LogP contribution is 2.26. The molecule has 1 atom stereocenters. The number of aryl methyl sites for hydroxylation is 1. The summed E-state index contributed by atoms with van der Waals surface area (Å²) in [6.07, 6.45) is 7.07.